The fraction of sp³-hybridized carbons (Fsp3) is 0.500. The summed E-state index contributed by atoms with van der Waals surface area (Å²) in [6.07, 6.45) is 4.25. The van der Waals surface area contributed by atoms with E-state index in [9.17, 15) is 0 Å². The lowest BCUT2D eigenvalue weighted by atomic mass is 10.6. The van der Waals surface area contributed by atoms with Gasteiger partial charge in [0.2, 0.25) is 0 Å². The van der Waals surface area contributed by atoms with E-state index in [4.69, 9.17) is 11.6 Å². The van der Waals surface area contributed by atoms with Crippen molar-refractivity contribution in [3.63, 3.8) is 0 Å². The lowest BCUT2D eigenvalue weighted by Gasteiger charge is -2.02. The summed E-state index contributed by atoms with van der Waals surface area (Å²) in [6, 6.07) is 0.599. The van der Waals surface area contributed by atoms with Gasteiger partial charge in [-0.1, -0.05) is 27.9 Å². The molecule has 3 rings (SSSR count). The molecule has 16 heavy (non-hydrogen) atoms. The first-order valence-electron chi connectivity index (χ1n) is 4.83. The van der Waals surface area contributed by atoms with Crippen molar-refractivity contribution in [3.05, 3.63) is 16.4 Å². The molecule has 0 saturated heterocycles. The van der Waals surface area contributed by atoms with E-state index in [-0.39, 0.29) is 0 Å². The Morgan fingerprint density at radius 1 is 1.50 bits per heavy atom. The van der Waals surface area contributed by atoms with Crippen LogP contribution in [0.1, 0.15) is 24.6 Å². The zero-order valence-corrected chi connectivity index (χ0v) is 10.6. The van der Waals surface area contributed by atoms with E-state index >= 15 is 0 Å². The Hall–Kier alpha value is -0.660. The van der Waals surface area contributed by atoms with Crippen LogP contribution in [0.3, 0.4) is 0 Å². The second-order valence-electron chi connectivity index (χ2n) is 3.53. The van der Waals surface area contributed by atoms with Crippen molar-refractivity contribution in [2.24, 2.45) is 0 Å². The first-order chi connectivity index (χ1) is 7.84. The van der Waals surface area contributed by atoms with Crippen LogP contribution in [0, 0.1) is 0 Å². The van der Waals surface area contributed by atoms with Gasteiger partial charge in [-0.05, 0) is 12.8 Å². The highest BCUT2D eigenvalue weighted by molar-refractivity contribution is 7.98. The number of hydrogen-bond donors (Lipinski definition) is 0. The summed E-state index contributed by atoms with van der Waals surface area (Å²) in [5, 5.41) is 12.9. The molecule has 0 N–H and O–H groups in total. The summed E-state index contributed by atoms with van der Waals surface area (Å²) in [7, 11) is 0. The highest BCUT2D eigenvalue weighted by Crippen LogP contribution is 2.38. The van der Waals surface area contributed by atoms with Crippen LogP contribution in [0.2, 0.25) is 4.34 Å². The Kier molecular flexibility index (Phi) is 2.82. The molecule has 0 atom stereocenters. The van der Waals surface area contributed by atoms with E-state index in [0.29, 0.717) is 16.1 Å². The van der Waals surface area contributed by atoms with Gasteiger partial charge in [0, 0.05) is 23.3 Å². The first kappa shape index (κ1) is 10.5. The zero-order valence-electron chi connectivity index (χ0n) is 8.21. The predicted molar refractivity (Wildman–Crippen MR) is 62.8 cm³/mol. The van der Waals surface area contributed by atoms with Gasteiger partial charge in [0.15, 0.2) is 5.16 Å². The Labute approximate surface area is 105 Å². The quantitative estimate of drug-likeness (QED) is 0.801. The summed E-state index contributed by atoms with van der Waals surface area (Å²) in [4.78, 5) is 0. The lowest BCUT2D eigenvalue weighted by Crippen LogP contribution is -1.95. The topological polar surface area (TPSA) is 56.5 Å². The van der Waals surface area contributed by atoms with Gasteiger partial charge in [-0.2, -0.15) is 0 Å². The number of hydrogen-bond acceptors (Lipinski definition) is 6. The van der Waals surface area contributed by atoms with E-state index in [2.05, 4.69) is 24.4 Å². The molecular formula is C8H8ClN5S2. The van der Waals surface area contributed by atoms with Gasteiger partial charge in [0.05, 0.1) is 0 Å². The Balaban J connectivity index is 1.70. The maximum absolute atomic E-state index is 5.93. The van der Waals surface area contributed by atoms with Crippen LogP contribution in [-0.4, -0.2) is 24.4 Å². The molecule has 2 aromatic heterocycles. The van der Waals surface area contributed by atoms with Crippen molar-refractivity contribution < 1.29 is 0 Å². The summed E-state index contributed by atoms with van der Waals surface area (Å²) in [6.45, 7) is 0. The molecule has 0 radical (unpaired) electrons. The summed E-state index contributed by atoms with van der Waals surface area (Å²) in [5.74, 6) is 0.695. The molecule has 0 bridgehead atoms. The van der Waals surface area contributed by atoms with Crippen molar-refractivity contribution in [1.82, 2.24) is 24.4 Å². The van der Waals surface area contributed by atoms with Gasteiger partial charge in [-0.3, -0.25) is 0 Å². The van der Waals surface area contributed by atoms with Crippen LogP contribution in [-0.2, 0) is 5.75 Å². The van der Waals surface area contributed by atoms with Crippen molar-refractivity contribution >= 4 is 34.9 Å². The zero-order chi connectivity index (χ0) is 11.0. The fourth-order valence-corrected chi connectivity index (χ4v) is 3.07. The largest absolute Gasteiger partial charge is 0.306 e. The molecule has 0 spiro atoms. The number of aromatic nitrogens is 5. The van der Waals surface area contributed by atoms with Crippen LogP contribution in [0.25, 0.3) is 0 Å². The second kappa shape index (κ2) is 4.31. The molecule has 1 fully saturated rings. The molecule has 84 valence electrons. The van der Waals surface area contributed by atoms with Gasteiger partial charge < -0.3 is 4.57 Å². The van der Waals surface area contributed by atoms with E-state index in [0.717, 1.165) is 10.9 Å². The number of halogens is 1. The number of thioether (sulfide) groups is 1. The SMILES string of the molecule is Clc1snnc1CSc1nncn1C1CC1. The molecule has 2 aromatic rings. The van der Waals surface area contributed by atoms with Crippen LogP contribution in [0.4, 0.5) is 0 Å². The molecule has 1 aliphatic rings. The highest BCUT2D eigenvalue weighted by Gasteiger charge is 2.26. The van der Waals surface area contributed by atoms with Crippen molar-refractivity contribution in [3.8, 4) is 0 Å². The minimum absolute atomic E-state index is 0.599. The summed E-state index contributed by atoms with van der Waals surface area (Å²) >= 11 is 8.75. The highest BCUT2D eigenvalue weighted by atomic mass is 35.5. The Morgan fingerprint density at radius 3 is 3.06 bits per heavy atom. The second-order valence-corrected chi connectivity index (χ2v) is 5.83. The molecule has 0 aliphatic heterocycles. The minimum atomic E-state index is 0.599. The van der Waals surface area contributed by atoms with Gasteiger partial charge >= 0.3 is 0 Å². The number of rotatable bonds is 4. The van der Waals surface area contributed by atoms with Gasteiger partial charge in [0.1, 0.15) is 16.4 Å². The van der Waals surface area contributed by atoms with Crippen molar-refractivity contribution in [2.45, 2.75) is 29.8 Å². The van der Waals surface area contributed by atoms with E-state index < -0.39 is 0 Å². The normalized spacial score (nSPS) is 15.6. The van der Waals surface area contributed by atoms with Crippen molar-refractivity contribution in [2.75, 3.05) is 0 Å². The molecule has 5 nitrogen and oxygen atoms in total. The number of nitrogens with zero attached hydrogens (tertiary/aromatic N) is 5. The Morgan fingerprint density at radius 2 is 2.38 bits per heavy atom. The molecule has 0 amide bonds. The van der Waals surface area contributed by atoms with Gasteiger partial charge in [0.25, 0.3) is 0 Å². The van der Waals surface area contributed by atoms with Crippen LogP contribution in [0.15, 0.2) is 11.5 Å². The third kappa shape index (κ3) is 2.07. The lowest BCUT2D eigenvalue weighted by molar-refractivity contribution is 0.663. The third-order valence-corrected chi connectivity index (χ3v) is 4.28. The summed E-state index contributed by atoms with van der Waals surface area (Å²) < 4.78 is 6.58. The standard InChI is InChI=1S/C8H8ClN5S2/c9-7-6(11-13-16-7)3-15-8-12-10-4-14(8)5-1-2-5/h4-5H,1-3H2. The molecule has 1 saturated carbocycles. The molecule has 8 heteroatoms. The molecule has 2 heterocycles. The molecule has 0 aromatic carbocycles. The van der Waals surface area contributed by atoms with Gasteiger partial charge in [-0.25, -0.2) is 0 Å². The first-order valence-corrected chi connectivity index (χ1v) is 6.97. The van der Waals surface area contributed by atoms with Crippen LogP contribution < -0.4 is 0 Å². The average molecular weight is 274 g/mol. The van der Waals surface area contributed by atoms with E-state index in [1.54, 1.807) is 18.1 Å². The van der Waals surface area contributed by atoms with E-state index in [1.165, 1.54) is 24.4 Å². The smallest absolute Gasteiger partial charge is 0.191 e. The monoisotopic (exact) mass is 273 g/mol. The molecule has 0 unspecified atom stereocenters. The van der Waals surface area contributed by atoms with E-state index in [1.807, 2.05) is 0 Å². The minimum Gasteiger partial charge on any atom is -0.306 e. The fourth-order valence-electron chi connectivity index (χ4n) is 1.35. The van der Waals surface area contributed by atoms with Gasteiger partial charge in [-0.15, -0.1) is 15.3 Å². The molecule has 1 aliphatic carbocycles. The maximum Gasteiger partial charge on any atom is 0.191 e. The Bertz CT molecular complexity index is 492. The van der Waals surface area contributed by atoms with Crippen molar-refractivity contribution in [1.29, 1.82) is 0 Å². The third-order valence-electron chi connectivity index (χ3n) is 2.33. The predicted octanol–water partition coefficient (Wildman–Crippen LogP) is 2.41. The molecular weight excluding hydrogens is 266 g/mol. The van der Waals surface area contributed by atoms with Crippen LogP contribution in [0.5, 0.6) is 0 Å². The summed E-state index contributed by atoms with van der Waals surface area (Å²) in [5.41, 5.74) is 0.821. The maximum atomic E-state index is 5.93. The average Bonchev–Trinajstić information content (AvgIpc) is 2.88. The van der Waals surface area contributed by atoms with Crippen LogP contribution >= 0.6 is 34.9 Å².